The zero-order valence-corrected chi connectivity index (χ0v) is 13.3. The van der Waals surface area contributed by atoms with Crippen molar-refractivity contribution >= 4 is 33.1 Å². The van der Waals surface area contributed by atoms with Crippen LogP contribution in [0.1, 0.15) is 0 Å². The van der Waals surface area contributed by atoms with Gasteiger partial charge < -0.3 is 14.8 Å². The van der Waals surface area contributed by atoms with Crippen LogP contribution in [0, 0.1) is 0 Å². The van der Waals surface area contributed by atoms with Gasteiger partial charge in [-0.25, -0.2) is 4.98 Å². The first-order valence-corrected chi connectivity index (χ1v) is 8.21. The van der Waals surface area contributed by atoms with Gasteiger partial charge in [0.25, 0.3) is 5.56 Å². The summed E-state index contributed by atoms with van der Waals surface area (Å²) < 4.78 is 12.2. The number of thiophene rings is 1. The molecule has 1 aliphatic rings. The van der Waals surface area contributed by atoms with E-state index < -0.39 is 0 Å². The van der Waals surface area contributed by atoms with Gasteiger partial charge in [-0.15, -0.1) is 11.3 Å². The number of ether oxygens (including phenoxy) is 2. The summed E-state index contributed by atoms with van der Waals surface area (Å²) in [6.07, 6.45) is 1.39. The topological polar surface area (TPSA) is 82.5 Å². The molecular weight excluding hydrogens is 330 g/mol. The molecule has 0 saturated heterocycles. The summed E-state index contributed by atoms with van der Waals surface area (Å²) in [7, 11) is 0. The van der Waals surface area contributed by atoms with Crippen LogP contribution in [0.25, 0.3) is 10.2 Å². The van der Waals surface area contributed by atoms with E-state index in [-0.39, 0.29) is 18.0 Å². The molecule has 0 saturated carbocycles. The number of fused-ring (bicyclic) bond motifs is 2. The third kappa shape index (κ3) is 2.71. The van der Waals surface area contributed by atoms with Gasteiger partial charge in [0.2, 0.25) is 5.91 Å². The predicted octanol–water partition coefficient (Wildman–Crippen LogP) is 1.87. The summed E-state index contributed by atoms with van der Waals surface area (Å²) in [5.41, 5.74) is 0.362. The Labute approximate surface area is 140 Å². The van der Waals surface area contributed by atoms with E-state index >= 15 is 0 Å². The van der Waals surface area contributed by atoms with Crippen molar-refractivity contribution < 1.29 is 14.3 Å². The smallest absolute Gasteiger partial charge is 0.262 e. The number of nitrogens with one attached hydrogen (secondary N) is 1. The number of aromatic nitrogens is 2. The van der Waals surface area contributed by atoms with Crippen molar-refractivity contribution in [3.63, 3.8) is 0 Å². The Bertz CT molecular complexity index is 979. The number of hydrogen-bond acceptors (Lipinski definition) is 6. The summed E-state index contributed by atoms with van der Waals surface area (Å²) in [6, 6.07) is 6.89. The van der Waals surface area contributed by atoms with E-state index in [0.717, 1.165) is 0 Å². The molecule has 0 unspecified atom stereocenters. The van der Waals surface area contributed by atoms with Crippen molar-refractivity contribution in [2.45, 2.75) is 6.54 Å². The van der Waals surface area contributed by atoms with E-state index in [1.165, 1.54) is 22.2 Å². The Kier molecular flexibility index (Phi) is 3.66. The fourth-order valence-electron chi connectivity index (χ4n) is 2.48. The number of hydrogen-bond donors (Lipinski definition) is 1. The van der Waals surface area contributed by atoms with E-state index in [4.69, 9.17) is 9.47 Å². The largest absolute Gasteiger partial charge is 0.486 e. The summed E-state index contributed by atoms with van der Waals surface area (Å²) in [4.78, 5) is 29.3. The van der Waals surface area contributed by atoms with Gasteiger partial charge in [0, 0.05) is 11.8 Å². The van der Waals surface area contributed by atoms with Crippen LogP contribution in [0.3, 0.4) is 0 Å². The van der Waals surface area contributed by atoms with Crippen molar-refractivity contribution in [2.24, 2.45) is 0 Å². The number of carbonyl (C=O) groups is 1. The zero-order valence-electron chi connectivity index (χ0n) is 12.5. The van der Waals surface area contributed by atoms with Crippen molar-refractivity contribution in [2.75, 3.05) is 18.5 Å². The molecule has 122 valence electrons. The maximum Gasteiger partial charge on any atom is 0.262 e. The molecule has 24 heavy (non-hydrogen) atoms. The number of amides is 1. The van der Waals surface area contributed by atoms with E-state index in [0.29, 0.717) is 40.6 Å². The molecule has 0 atom stereocenters. The Morgan fingerprint density at radius 3 is 2.96 bits per heavy atom. The van der Waals surface area contributed by atoms with Crippen LogP contribution in [-0.2, 0) is 11.3 Å². The molecule has 2 aromatic heterocycles. The van der Waals surface area contributed by atoms with E-state index in [1.54, 1.807) is 29.6 Å². The first-order chi connectivity index (χ1) is 11.7. The van der Waals surface area contributed by atoms with Gasteiger partial charge in [-0.3, -0.25) is 14.2 Å². The highest BCUT2D eigenvalue weighted by atomic mass is 32.1. The second kappa shape index (κ2) is 5.97. The first kappa shape index (κ1) is 14.7. The standard InChI is InChI=1S/C16H13N3O4S/c20-14(8-19-9-17-15-11(16(19)21)3-6-24-15)18-10-1-2-12-13(7-10)23-5-4-22-12/h1-3,6-7,9H,4-5,8H2,(H,18,20). The molecule has 0 spiro atoms. The summed E-state index contributed by atoms with van der Waals surface area (Å²) in [5, 5.41) is 5.08. The number of benzene rings is 1. The van der Waals surface area contributed by atoms with Crippen LogP contribution in [-0.4, -0.2) is 28.7 Å². The summed E-state index contributed by atoms with van der Waals surface area (Å²) in [6.45, 7) is 0.887. The summed E-state index contributed by atoms with van der Waals surface area (Å²) in [5.74, 6) is 0.935. The highest BCUT2D eigenvalue weighted by Crippen LogP contribution is 2.32. The third-order valence-corrected chi connectivity index (χ3v) is 4.41. The molecule has 1 N–H and O–H groups in total. The maximum atomic E-state index is 12.3. The first-order valence-electron chi connectivity index (χ1n) is 7.33. The lowest BCUT2D eigenvalue weighted by atomic mass is 10.2. The van der Waals surface area contributed by atoms with E-state index in [2.05, 4.69) is 10.3 Å². The van der Waals surface area contributed by atoms with Gasteiger partial charge in [0.15, 0.2) is 11.5 Å². The normalized spacial score (nSPS) is 13.0. The van der Waals surface area contributed by atoms with Crippen molar-refractivity contribution in [3.8, 4) is 11.5 Å². The van der Waals surface area contributed by atoms with Gasteiger partial charge in [-0.05, 0) is 23.6 Å². The van der Waals surface area contributed by atoms with Crippen LogP contribution >= 0.6 is 11.3 Å². The quantitative estimate of drug-likeness (QED) is 0.785. The second-order valence-corrected chi connectivity index (χ2v) is 6.12. The SMILES string of the molecule is O=C(Cn1cnc2sccc2c1=O)Nc1ccc2c(c1)OCCO2. The minimum absolute atomic E-state index is 0.105. The minimum Gasteiger partial charge on any atom is -0.486 e. The van der Waals surface area contributed by atoms with Crippen LogP contribution < -0.4 is 20.3 Å². The average molecular weight is 343 g/mol. The fraction of sp³-hybridized carbons (Fsp3) is 0.188. The molecule has 0 fully saturated rings. The Morgan fingerprint density at radius 2 is 2.08 bits per heavy atom. The molecule has 3 aromatic rings. The molecule has 4 rings (SSSR count). The molecule has 0 bridgehead atoms. The van der Waals surface area contributed by atoms with Crippen LogP contribution in [0.15, 0.2) is 40.8 Å². The fourth-order valence-corrected chi connectivity index (χ4v) is 3.21. The Hall–Kier alpha value is -2.87. The van der Waals surface area contributed by atoms with Crippen molar-refractivity contribution in [3.05, 3.63) is 46.3 Å². The lowest BCUT2D eigenvalue weighted by molar-refractivity contribution is -0.116. The monoisotopic (exact) mass is 343 g/mol. The second-order valence-electron chi connectivity index (χ2n) is 5.22. The molecule has 7 nitrogen and oxygen atoms in total. The number of anilines is 1. The van der Waals surface area contributed by atoms with Crippen molar-refractivity contribution in [1.29, 1.82) is 0 Å². The number of carbonyl (C=O) groups excluding carboxylic acids is 1. The van der Waals surface area contributed by atoms with Gasteiger partial charge >= 0.3 is 0 Å². The van der Waals surface area contributed by atoms with Gasteiger partial charge in [-0.2, -0.15) is 0 Å². The molecule has 8 heteroatoms. The third-order valence-electron chi connectivity index (χ3n) is 3.59. The van der Waals surface area contributed by atoms with Gasteiger partial charge in [0.05, 0.1) is 11.7 Å². The predicted molar refractivity (Wildman–Crippen MR) is 89.9 cm³/mol. The molecular formula is C16H13N3O4S. The van der Waals surface area contributed by atoms with Gasteiger partial charge in [0.1, 0.15) is 24.6 Å². The van der Waals surface area contributed by atoms with E-state index in [9.17, 15) is 9.59 Å². The highest BCUT2D eigenvalue weighted by Gasteiger charge is 2.13. The lowest BCUT2D eigenvalue weighted by Crippen LogP contribution is -2.27. The lowest BCUT2D eigenvalue weighted by Gasteiger charge is -2.19. The van der Waals surface area contributed by atoms with Crippen molar-refractivity contribution in [1.82, 2.24) is 9.55 Å². The molecule has 0 radical (unpaired) electrons. The molecule has 1 aliphatic heterocycles. The highest BCUT2D eigenvalue weighted by molar-refractivity contribution is 7.16. The van der Waals surface area contributed by atoms with Crippen LogP contribution in [0.4, 0.5) is 5.69 Å². The van der Waals surface area contributed by atoms with E-state index in [1.807, 2.05) is 0 Å². The molecule has 1 amide bonds. The average Bonchev–Trinajstić information content (AvgIpc) is 3.07. The Balaban J connectivity index is 1.52. The Morgan fingerprint density at radius 1 is 1.25 bits per heavy atom. The minimum atomic E-state index is -0.315. The number of rotatable bonds is 3. The molecule has 1 aromatic carbocycles. The van der Waals surface area contributed by atoms with Gasteiger partial charge in [-0.1, -0.05) is 0 Å². The summed E-state index contributed by atoms with van der Waals surface area (Å²) >= 11 is 1.39. The molecule has 0 aliphatic carbocycles. The zero-order chi connectivity index (χ0) is 16.5. The number of nitrogens with zero attached hydrogens (tertiary/aromatic N) is 2. The molecule has 3 heterocycles. The van der Waals surface area contributed by atoms with Crippen LogP contribution in [0.2, 0.25) is 0 Å². The maximum absolute atomic E-state index is 12.3. The van der Waals surface area contributed by atoms with Crippen LogP contribution in [0.5, 0.6) is 11.5 Å².